The van der Waals surface area contributed by atoms with E-state index in [1.165, 1.54) is 13.1 Å². The summed E-state index contributed by atoms with van der Waals surface area (Å²) in [5.74, 6) is -0.460. The SMILES string of the molecule is CC(=O)Oc1ccc(/C=N/NC(=O)C(C)Sc2n[nH]c(=O)[nH]c2=O)cc1. The monoisotopic (exact) mass is 377 g/mol. The van der Waals surface area contributed by atoms with Crippen molar-refractivity contribution < 1.29 is 14.3 Å². The van der Waals surface area contributed by atoms with E-state index in [0.717, 1.165) is 11.8 Å². The third-order valence-corrected chi connectivity index (χ3v) is 3.94. The number of hydrogen-bond donors (Lipinski definition) is 3. The Morgan fingerprint density at radius 1 is 1.31 bits per heavy atom. The number of aromatic nitrogens is 3. The molecule has 0 spiro atoms. The van der Waals surface area contributed by atoms with Gasteiger partial charge in [0, 0.05) is 6.92 Å². The third kappa shape index (κ3) is 5.70. The molecule has 0 aliphatic rings. The van der Waals surface area contributed by atoms with Crippen molar-refractivity contribution in [3.63, 3.8) is 0 Å². The zero-order valence-electron chi connectivity index (χ0n) is 13.8. The molecule has 3 N–H and O–H groups in total. The van der Waals surface area contributed by atoms with Crippen LogP contribution in [0.1, 0.15) is 19.4 Å². The van der Waals surface area contributed by atoms with Crippen LogP contribution in [0.4, 0.5) is 0 Å². The maximum absolute atomic E-state index is 12.0. The Labute approximate surface area is 151 Å². The summed E-state index contributed by atoms with van der Waals surface area (Å²) in [5.41, 5.74) is 1.63. The molecule has 1 aromatic carbocycles. The first-order chi connectivity index (χ1) is 12.3. The van der Waals surface area contributed by atoms with Gasteiger partial charge in [-0.1, -0.05) is 11.8 Å². The zero-order chi connectivity index (χ0) is 19.1. The third-order valence-electron chi connectivity index (χ3n) is 2.87. The lowest BCUT2D eigenvalue weighted by molar-refractivity contribution is -0.131. The van der Waals surface area contributed by atoms with Gasteiger partial charge in [0.2, 0.25) is 0 Å². The van der Waals surface area contributed by atoms with Gasteiger partial charge in [0.25, 0.3) is 11.5 Å². The van der Waals surface area contributed by atoms with E-state index in [9.17, 15) is 19.2 Å². The number of benzene rings is 1. The van der Waals surface area contributed by atoms with Crippen molar-refractivity contribution in [1.82, 2.24) is 20.6 Å². The van der Waals surface area contributed by atoms with Crippen molar-refractivity contribution in [2.75, 3.05) is 0 Å². The van der Waals surface area contributed by atoms with Crippen molar-refractivity contribution >= 4 is 29.9 Å². The quantitative estimate of drug-likeness (QED) is 0.211. The van der Waals surface area contributed by atoms with Crippen molar-refractivity contribution in [1.29, 1.82) is 0 Å². The first-order valence-corrected chi connectivity index (χ1v) is 8.20. The van der Waals surface area contributed by atoms with E-state index in [0.29, 0.717) is 11.3 Å². The normalized spacial score (nSPS) is 11.9. The molecule has 1 aromatic heterocycles. The molecule has 26 heavy (non-hydrogen) atoms. The standard InChI is InChI=1S/C15H15N5O5S/c1-8(26-14-13(23)17-15(24)20-19-14)12(22)18-16-7-10-3-5-11(6-4-10)25-9(2)21/h3-8H,1-2H3,(H,18,22)(H2,17,20,23,24)/b16-7+. The number of thioether (sulfide) groups is 1. The minimum atomic E-state index is -0.722. The highest BCUT2D eigenvalue weighted by Gasteiger charge is 2.16. The topological polar surface area (TPSA) is 146 Å². The molecule has 0 aliphatic carbocycles. The lowest BCUT2D eigenvalue weighted by Gasteiger charge is -2.07. The van der Waals surface area contributed by atoms with Crippen LogP contribution in [0.15, 0.2) is 44.0 Å². The molecule has 0 saturated heterocycles. The summed E-state index contributed by atoms with van der Waals surface area (Å²) >= 11 is 0.881. The smallest absolute Gasteiger partial charge is 0.342 e. The largest absolute Gasteiger partial charge is 0.427 e. The van der Waals surface area contributed by atoms with Gasteiger partial charge in [0.1, 0.15) is 5.75 Å². The van der Waals surface area contributed by atoms with Crippen LogP contribution in [0, 0.1) is 0 Å². The summed E-state index contributed by atoms with van der Waals surface area (Å²) in [7, 11) is 0. The van der Waals surface area contributed by atoms with Crippen LogP contribution in [0.3, 0.4) is 0 Å². The Morgan fingerprint density at radius 3 is 2.62 bits per heavy atom. The molecule has 0 bridgehead atoms. The van der Waals surface area contributed by atoms with Crippen molar-refractivity contribution in [2.45, 2.75) is 24.1 Å². The average Bonchev–Trinajstić information content (AvgIpc) is 2.58. The fourth-order valence-corrected chi connectivity index (χ4v) is 2.44. The van der Waals surface area contributed by atoms with Crippen LogP contribution >= 0.6 is 11.8 Å². The van der Waals surface area contributed by atoms with Gasteiger partial charge in [-0.3, -0.25) is 19.4 Å². The molecule has 1 amide bonds. The molecular weight excluding hydrogens is 362 g/mol. The average molecular weight is 377 g/mol. The highest BCUT2D eigenvalue weighted by molar-refractivity contribution is 8.00. The van der Waals surface area contributed by atoms with Crippen LogP contribution in [0.2, 0.25) is 0 Å². The highest BCUT2D eigenvalue weighted by atomic mass is 32.2. The Hall–Kier alpha value is -3.21. The number of hydrogen-bond acceptors (Lipinski definition) is 8. The molecule has 1 heterocycles. The van der Waals surface area contributed by atoms with Crippen LogP contribution in [0.5, 0.6) is 5.75 Å². The number of nitrogens with zero attached hydrogens (tertiary/aromatic N) is 2. The fraction of sp³-hybridized carbons (Fsp3) is 0.200. The second-order valence-electron chi connectivity index (χ2n) is 4.97. The predicted molar refractivity (Wildman–Crippen MR) is 94.3 cm³/mol. The predicted octanol–water partition coefficient (Wildman–Crippen LogP) is 0.0144. The molecule has 0 saturated carbocycles. The van der Waals surface area contributed by atoms with Gasteiger partial charge in [-0.25, -0.2) is 15.3 Å². The van der Waals surface area contributed by atoms with E-state index >= 15 is 0 Å². The summed E-state index contributed by atoms with van der Waals surface area (Å²) in [6, 6.07) is 6.51. The van der Waals surface area contributed by atoms with E-state index in [1.54, 1.807) is 31.2 Å². The number of carbonyl (C=O) groups is 2. The summed E-state index contributed by atoms with van der Waals surface area (Å²) in [4.78, 5) is 47.3. The minimum absolute atomic E-state index is 0.0303. The van der Waals surface area contributed by atoms with Crippen LogP contribution in [-0.2, 0) is 9.59 Å². The van der Waals surface area contributed by atoms with Crippen LogP contribution < -0.4 is 21.4 Å². The molecule has 2 rings (SSSR count). The Kier molecular flexibility index (Phi) is 6.44. The zero-order valence-corrected chi connectivity index (χ0v) is 14.6. The Morgan fingerprint density at radius 2 is 2.00 bits per heavy atom. The number of H-pyrrole nitrogens is 2. The first kappa shape index (κ1) is 19.1. The number of carbonyl (C=O) groups excluding carboxylic acids is 2. The van der Waals surface area contributed by atoms with Gasteiger partial charge in [-0.05, 0) is 36.8 Å². The molecule has 2 aromatic rings. The molecule has 0 aliphatic heterocycles. The minimum Gasteiger partial charge on any atom is -0.427 e. The van der Waals surface area contributed by atoms with Crippen LogP contribution in [0.25, 0.3) is 0 Å². The van der Waals surface area contributed by atoms with Gasteiger partial charge in [0.15, 0.2) is 5.03 Å². The van der Waals surface area contributed by atoms with Crippen LogP contribution in [-0.4, -0.2) is 38.5 Å². The van der Waals surface area contributed by atoms with E-state index in [2.05, 4.69) is 20.7 Å². The molecule has 0 radical (unpaired) electrons. The van der Waals surface area contributed by atoms with Crippen molar-refractivity contribution in [2.24, 2.45) is 5.10 Å². The number of rotatable bonds is 6. The Balaban J connectivity index is 1.90. The first-order valence-electron chi connectivity index (χ1n) is 7.32. The van der Waals surface area contributed by atoms with E-state index in [-0.39, 0.29) is 5.03 Å². The van der Waals surface area contributed by atoms with Gasteiger partial charge >= 0.3 is 11.7 Å². The van der Waals surface area contributed by atoms with Gasteiger partial charge in [0.05, 0.1) is 11.5 Å². The Bertz CT molecular complexity index is 934. The molecular formula is C15H15N5O5S. The molecule has 1 unspecified atom stereocenters. The second-order valence-corrected chi connectivity index (χ2v) is 6.30. The number of aromatic amines is 2. The maximum Gasteiger partial charge on any atom is 0.342 e. The summed E-state index contributed by atoms with van der Waals surface area (Å²) in [5, 5.41) is 8.80. The maximum atomic E-state index is 12.0. The number of hydrazone groups is 1. The van der Waals surface area contributed by atoms with Crippen molar-refractivity contribution in [3.05, 3.63) is 50.7 Å². The van der Waals surface area contributed by atoms with Crippen molar-refractivity contribution in [3.8, 4) is 5.75 Å². The number of ether oxygens (including phenoxy) is 1. The van der Waals surface area contributed by atoms with E-state index in [1.807, 2.05) is 4.98 Å². The second kappa shape index (κ2) is 8.76. The highest BCUT2D eigenvalue weighted by Crippen LogP contribution is 2.16. The fourth-order valence-electron chi connectivity index (χ4n) is 1.69. The van der Waals surface area contributed by atoms with E-state index in [4.69, 9.17) is 4.74 Å². The summed E-state index contributed by atoms with van der Waals surface area (Å²) in [6.45, 7) is 2.87. The molecule has 11 heteroatoms. The summed E-state index contributed by atoms with van der Waals surface area (Å²) in [6.07, 6.45) is 1.41. The number of nitrogens with one attached hydrogen (secondary N) is 3. The molecule has 0 fully saturated rings. The number of esters is 1. The van der Waals surface area contributed by atoms with Gasteiger partial charge in [-0.2, -0.15) is 10.2 Å². The summed E-state index contributed by atoms with van der Waals surface area (Å²) < 4.78 is 4.90. The van der Waals surface area contributed by atoms with Gasteiger partial charge < -0.3 is 4.74 Å². The van der Waals surface area contributed by atoms with E-state index < -0.39 is 28.4 Å². The molecule has 1 atom stereocenters. The molecule has 136 valence electrons. The number of amides is 1. The molecule has 10 nitrogen and oxygen atoms in total. The van der Waals surface area contributed by atoms with Gasteiger partial charge in [-0.15, -0.1) is 0 Å². The lowest BCUT2D eigenvalue weighted by atomic mass is 10.2. The lowest BCUT2D eigenvalue weighted by Crippen LogP contribution is -2.30.